The second-order valence-electron chi connectivity index (χ2n) is 4.96. The maximum absolute atomic E-state index is 11.9. The number of hydrogen-bond acceptors (Lipinski definition) is 5. The van der Waals surface area contributed by atoms with E-state index >= 15 is 0 Å². The van der Waals surface area contributed by atoms with E-state index in [0.29, 0.717) is 35.1 Å². The predicted octanol–water partition coefficient (Wildman–Crippen LogP) is 1.31. The first-order chi connectivity index (χ1) is 11.4. The van der Waals surface area contributed by atoms with Gasteiger partial charge in [0.15, 0.2) is 4.77 Å². The number of carbonyl (C=O) groups excluding carboxylic acids is 1. The quantitative estimate of drug-likeness (QED) is 0.505. The molecule has 0 aliphatic heterocycles. The molecule has 0 spiro atoms. The van der Waals surface area contributed by atoms with Gasteiger partial charge in [-0.2, -0.15) is 0 Å². The zero-order chi connectivity index (χ0) is 17.7. The van der Waals surface area contributed by atoms with Crippen LogP contribution in [0.25, 0.3) is 11.3 Å². The molecule has 24 heavy (non-hydrogen) atoms. The summed E-state index contributed by atoms with van der Waals surface area (Å²) >= 11 is 11.3. The fourth-order valence-corrected chi connectivity index (χ4v) is 2.71. The number of methoxy groups -OCH3 is 1. The Hall–Kier alpha value is -2.16. The van der Waals surface area contributed by atoms with E-state index in [-0.39, 0.29) is 16.9 Å². The molecule has 4 N–H and O–H groups in total. The minimum absolute atomic E-state index is 0.0620. The van der Waals surface area contributed by atoms with Gasteiger partial charge in [0.05, 0.1) is 19.3 Å². The number of nitrogens with zero attached hydrogens (tertiary/aromatic N) is 1. The lowest BCUT2D eigenvalue weighted by atomic mass is 10.1. The van der Waals surface area contributed by atoms with E-state index in [1.165, 1.54) is 13.2 Å². The number of H-pyrrole nitrogens is 1. The Bertz CT molecular complexity index is 863. The number of nitrogens with two attached hydrogens (primary N) is 1. The maximum Gasteiger partial charge on any atom is 0.252 e. The number of aromatic amines is 1. The van der Waals surface area contributed by atoms with Crippen molar-refractivity contribution in [3.63, 3.8) is 0 Å². The highest BCUT2D eigenvalue weighted by atomic mass is 35.5. The third kappa shape index (κ3) is 4.44. The number of rotatable bonds is 7. The third-order valence-corrected chi connectivity index (χ3v) is 3.84. The van der Waals surface area contributed by atoms with Gasteiger partial charge in [-0.15, -0.1) is 0 Å². The van der Waals surface area contributed by atoms with Gasteiger partial charge in [-0.25, -0.2) is 0 Å². The van der Waals surface area contributed by atoms with E-state index in [2.05, 4.69) is 10.3 Å². The van der Waals surface area contributed by atoms with Gasteiger partial charge in [0.1, 0.15) is 5.75 Å². The summed E-state index contributed by atoms with van der Waals surface area (Å²) in [5.74, 6) is 0.120. The van der Waals surface area contributed by atoms with E-state index < -0.39 is 5.91 Å². The summed E-state index contributed by atoms with van der Waals surface area (Å²) in [7, 11) is 1.53. The first-order valence-electron chi connectivity index (χ1n) is 7.09. The number of aromatic nitrogens is 2. The fraction of sp³-hybridized carbons (Fsp3) is 0.267. The molecule has 1 heterocycles. The lowest BCUT2D eigenvalue weighted by molar-refractivity contribution is -0.117. The van der Waals surface area contributed by atoms with Crippen LogP contribution in [0.5, 0.6) is 5.75 Å². The number of hydrogen-bond donors (Lipinski definition) is 3. The Labute approximate surface area is 148 Å². The summed E-state index contributed by atoms with van der Waals surface area (Å²) in [5.41, 5.74) is 5.99. The molecule has 2 aromatic rings. The largest absolute Gasteiger partial charge is 0.496 e. The monoisotopic (exact) mass is 368 g/mol. The van der Waals surface area contributed by atoms with Gasteiger partial charge in [0.2, 0.25) is 5.91 Å². The van der Waals surface area contributed by atoms with Gasteiger partial charge in [-0.3, -0.25) is 14.6 Å². The first kappa shape index (κ1) is 18.2. The van der Waals surface area contributed by atoms with Crippen molar-refractivity contribution < 1.29 is 9.53 Å². The molecule has 0 unspecified atom stereocenters. The lowest BCUT2D eigenvalue weighted by Crippen LogP contribution is -2.31. The van der Waals surface area contributed by atoms with Crippen molar-refractivity contribution in [3.8, 4) is 17.0 Å². The smallest absolute Gasteiger partial charge is 0.252 e. The molecule has 0 aliphatic rings. The maximum atomic E-state index is 11.9. The Morgan fingerprint density at radius 2 is 2.21 bits per heavy atom. The van der Waals surface area contributed by atoms with Crippen LogP contribution in [0.3, 0.4) is 0 Å². The second kappa shape index (κ2) is 8.09. The fourth-order valence-electron chi connectivity index (χ4n) is 2.25. The van der Waals surface area contributed by atoms with Crippen LogP contribution in [-0.4, -0.2) is 35.7 Å². The summed E-state index contributed by atoms with van der Waals surface area (Å²) in [6.07, 6.45) is 0. The number of primary amides is 1. The number of benzene rings is 1. The van der Waals surface area contributed by atoms with Gasteiger partial charge < -0.3 is 20.4 Å². The predicted molar refractivity (Wildman–Crippen MR) is 94.9 cm³/mol. The van der Waals surface area contributed by atoms with E-state index in [1.807, 2.05) is 0 Å². The zero-order valence-corrected chi connectivity index (χ0v) is 14.5. The Morgan fingerprint density at radius 3 is 2.88 bits per heavy atom. The van der Waals surface area contributed by atoms with Crippen molar-refractivity contribution in [2.45, 2.75) is 6.54 Å². The molecule has 0 aliphatic carbocycles. The average molecular weight is 369 g/mol. The Kier molecular flexibility index (Phi) is 6.13. The third-order valence-electron chi connectivity index (χ3n) is 3.28. The molecule has 128 valence electrons. The van der Waals surface area contributed by atoms with E-state index in [0.717, 1.165) is 0 Å². The molecule has 0 saturated carbocycles. The Morgan fingerprint density at radius 1 is 1.46 bits per heavy atom. The van der Waals surface area contributed by atoms with Crippen molar-refractivity contribution in [1.82, 2.24) is 14.9 Å². The van der Waals surface area contributed by atoms with Crippen LogP contribution in [0.1, 0.15) is 0 Å². The molecular weight excluding hydrogens is 352 g/mol. The normalized spacial score (nSPS) is 10.6. The summed E-state index contributed by atoms with van der Waals surface area (Å²) in [6.45, 7) is 0.930. The van der Waals surface area contributed by atoms with Gasteiger partial charge >= 0.3 is 0 Å². The molecule has 7 nitrogen and oxygen atoms in total. The highest BCUT2D eigenvalue weighted by Gasteiger charge is 2.12. The van der Waals surface area contributed by atoms with Crippen LogP contribution >= 0.6 is 23.8 Å². The number of ether oxygens (including phenoxy) is 1. The molecule has 0 bridgehead atoms. The number of nitrogens with one attached hydrogen (secondary N) is 2. The topological polar surface area (TPSA) is 102 Å². The van der Waals surface area contributed by atoms with E-state index in [4.69, 9.17) is 34.3 Å². The molecule has 0 saturated heterocycles. The number of amides is 1. The van der Waals surface area contributed by atoms with E-state index in [9.17, 15) is 9.59 Å². The van der Waals surface area contributed by atoms with Crippen LogP contribution in [0.4, 0.5) is 0 Å². The molecule has 0 atom stereocenters. The van der Waals surface area contributed by atoms with Crippen LogP contribution in [0.15, 0.2) is 29.1 Å². The van der Waals surface area contributed by atoms with Crippen molar-refractivity contribution in [2.75, 3.05) is 20.2 Å². The van der Waals surface area contributed by atoms with E-state index in [1.54, 1.807) is 22.8 Å². The minimum atomic E-state index is -0.447. The molecule has 1 aromatic carbocycles. The van der Waals surface area contributed by atoms with Crippen molar-refractivity contribution in [1.29, 1.82) is 0 Å². The van der Waals surface area contributed by atoms with Crippen LogP contribution in [-0.2, 0) is 11.3 Å². The zero-order valence-electron chi connectivity index (χ0n) is 13.0. The standard InChI is InChI=1S/C15H17ClN4O3S/c1-23-12-3-2-9(16)6-10(12)11-7-14(22)19-15(24)20(11)5-4-18-8-13(17)21/h2-3,6-7,18H,4-5,8H2,1H3,(H2,17,21)(H,19,22,24). The number of halogens is 1. The van der Waals surface area contributed by atoms with Crippen molar-refractivity contribution >= 4 is 29.7 Å². The molecule has 1 amide bonds. The molecule has 2 rings (SSSR count). The molecule has 1 aromatic heterocycles. The second-order valence-corrected chi connectivity index (χ2v) is 5.79. The average Bonchev–Trinajstić information content (AvgIpc) is 2.52. The number of carbonyl (C=O) groups is 1. The van der Waals surface area contributed by atoms with Gasteiger partial charge in [-0.1, -0.05) is 11.6 Å². The summed E-state index contributed by atoms with van der Waals surface area (Å²) in [6, 6.07) is 6.55. The molecule has 0 fully saturated rings. The Balaban J connectivity index is 2.46. The summed E-state index contributed by atoms with van der Waals surface area (Å²) in [5, 5.41) is 3.41. The molecule has 9 heteroatoms. The summed E-state index contributed by atoms with van der Waals surface area (Å²) < 4.78 is 7.35. The summed E-state index contributed by atoms with van der Waals surface area (Å²) in [4.78, 5) is 25.2. The first-order valence-corrected chi connectivity index (χ1v) is 7.88. The highest BCUT2D eigenvalue weighted by molar-refractivity contribution is 7.71. The van der Waals surface area contributed by atoms with Crippen LogP contribution in [0.2, 0.25) is 5.02 Å². The molecular formula is C15H17ClN4O3S. The van der Waals surface area contributed by atoms with Crippen LogP contribution in [0, 0.1) is 4.77 Å². The van der Waals surface area contributed by atoms with Gasteiger partial charge in [-0.05, 0) is 30.4 Å². The van der Waals surface area contributed by atoms with Crippen molar-refractivity contribution in [2.24, 2.45) is 5.73 Å². The lowest BCUT2D eigenvalue weighted by Gasteiger charge is -2.16. The molecule has 0 radical (unpaired) electrons. The van der Waals surface area contributed by atoms with Gasteiger partial charge in [0, 0.05) is 29.7 Å². The SMILES string of the molecule is COc1ccc(Cl)cc1-c1cc(=O)[nH]c(=S)n1CCNCC(N)=O. The van der Waals surface area contributed by atoms with Crippen molar-refractivity contribution in [3.05, 3.63) is 44.4 Å². The van der Waals surface area contributed by atoms with Crippen LogP contribution < -0.4 is 21.3 Å². The highest BCUT2D eigenvalue weighted by Crippen LogP contribution is 2.31. The van der Waals surface area contributed by atoms with Gasteiger partial charge in [0.25, 0.3) is 5.56 Å². The minimum Gasteiger partial charge on any atom is -0.496 e.